The third-order valence-electron chi connectivity index (χ3n) is 4.60. The standard InChI is InChI=1S/C15H29N3O2/c1-4-13-10-18(7-8-20-13)11(2)9-15(3,14(16)19)17-12-5-6-12/h11-13,17H,4-10H2,1-3H3,(H2,16,19). The Hall–Kier alpha value is -0.650. The first-order chi connectivity index (χ1) is 9.44. The maximum absolute atomic E-state index is 11.8. The zero-order valence-electron chi connectivity index (χ0n) is 13.0. The molecule has 0 aromatic carbocycles. The summed E-state index contributed by atoms with van der Waals surface area (Å²) in [6, 6.07) is 0.810. The van der Waals surface area contributed by atoms with Crippen LogP contribution in [-0.4, -0.2) is 54.2 Å². The second kappa shape index (κ2) is 6.41. The van der Waals surface area contributed by atoms with Gasteiger partial charge in [0.1, 0.15) is 0 Å². The Kier molecular flexibility index (Phi) is 5.04. The first-order valence-corrected chi connectivity index (χ1v) is 7.88. The Labute approximate surface area is 122 Å². The number of amides is 1. The topological polar surface area (TPSA) is 67.6 Å². The van der Waals surface area contributed by atoms with Gasteiger partial charge >= 0.3 is 0 Å². The quantitative estimate of drug-likeness (QED) is 0.727. The van der Waals surface area contributed by atoms with Crippen LogP contribution in [0, 0.1) is 0 Å². The predicted octanol–water partition coefficient (Wildman–Crippen LogP) is 0.872. The Morgan fingerprint density at radius 2 is 2.25 bits per heavy atom. The van der Waals surface area contributed by atoms with Gasteiger partial charge in [0.25, 0.3) is 0 Å². The largest absolute Gasteiger partial charge is 0.376 e. The number of rotatable bonds is 7. The van der Waals surface area contributed by atoms with Crippen LogP contribution in [0.2, 0.25) is 0 Å². The average Bonchev–Trinajstić information content (AvgIpc) is 3.22. The Balaban J connectivity index is 1.93. The van der Waals surface area contributed by atoms with Crippen LogP contribution in [0.4, 0.5) is 0 Å². The molecule has 0 radical (unpaired) electrons. The highest BCUT2D eigenvalue weighted by molar-refractivity contribution is 5.84. The molecular formula is C15H29N3O2. The van der Waals surface area contributed by atoms with Crippen LogP contribution in [-0.2, 0) is 9.53 Å². The van der Waals surface area contributed by atoms with E-state index in [0.29, 0.717) is 18.2 Å². The van der Waals surface area contributed by atoms with Crippen LogP contribution in [0.15, 0.2) is 0 Å². The maximum Gasteiger partial charge on any atom is 0.237 e. The summed E-state index contributed by atoms with van der Waals surface area (Å²) in [5.41, 5.74) is 5.04. The molecule has 1 heterocycles. The molecule has 0 spiro atoms. The lowest BCUT2D eigenvalue weighted by molar-refractivity contribution is -0.125. The molecule has 0 aromatic heterocycles. The van der Waals surface area contributed by atoms with Gasteiger partial charge in [0, 0.05) is 25.2 Å². The van der Waals surface area contributed by atoms with Gasteiger partial charge in [-0.1, -0.05) is 6.92 Å². The molecule has 5 nitrogen and oxygen atoms in total. The first-order valence-electron chi connectivity index (χ1n) is 7.88. The number of nitrogens with zero attached hydrogens (tertiary/aromatic N) is 1. The molecule has 3 atom stereocenters. The van der Waals surface area contributed by atoms with Crippen LogP contribution in [0.1, 0.15) is 46.5 Å². The Morgan fingerprint density at radius 1 is 1.55 bits per heavy atom. The number of ether oxygens (including phenoxy) is 1. The molecule has 2 fully saturated rings. The molecule has 3 unspecified atom stereocenters. The van der Waals surface area contributed by atoms with Gasteiger partial charge in [-0.2, -0.15) is 0 Å². The third kappa shape index (κ3) is 3.93. The molecule has 0 bridgehead atoms. The minimum atomic E-state index is -0.597. The minimum Gasteiger partial charge on any atom is -0.376 e. The van der Waals surface area contributed by atoms with E-state index in [1.807, 2.05) is 6.92 Å². The van der Waals surface area contributed by atoms with Gasteiger partial charge in [-0.05, 0) is 39.5 Å². The van der Waals surface area contributed by atoms with Crippen molar-refractivity contribution in [3.63, 3.8) is 0 Å². The summed E-state index contributed by atoms with van der Waals surface area (Å²) >= 11 is 0. The van der Waals surface area contributed by atoms with Crippen LogP contribution in [0.3, 0.4) is 0 Å². The fourth-order valence-electron chi connectivity index (χ4n) is 3.02. The predicted molar refractivity (Wildman–Crippen MR) is 79.4 cm³/mol. The van der Waals surface area contributed by atoms with Crippen molar-refractivity contribution in [2.24, 2.45) is 5.73 Å². The number of carbonyl (C=O) groups excluding carboxylic acids is 1. The number of nitrogens with two attached hydrogens (primary N) is 1. The molecule has 20 heavy (non-hydrogen) atoms. The van der Waals surface area contributed by atoms with Crippen molar-refractivity contribution in [3.8, 4) is 0 Å². The molecule has 3 N–H and O–H groups in total. The molecule has 1 aliphatic carbocycles. The summed E-state index contributed by atoms with van der Waals surface area (Å²) < 4.78 is 5.71. The van der Waals surface area contributed by atoms with Gasteiger partial charge in [0.05, 0.1) is 18.2 Å². The number of primary amides is 1. The Morgan fingerprint density at radius 3 is 2.80 bits per heavy atom. The molecule has 1 saturated carbocycles. The van der Waals surface area contributed by atoms with Gasteiger partial charge < -0.3 is 15.8 Å². The SMILES string of the molecule is CCC1CN(C(C)CC(C)(NC2CC2)C(N)=O)CCO1. The lowest BCUT2D eigenvalue weighted by atomic mass is 9.91. The molecule has 116 valence electrons. The van der Waals surface area contributed by atoms with E-state index in [1.165, 1.54) is 0 Å². The molecule has 1 amide bonds. The highest BCUT2D eigenvalue weighted by Gasteiger charge is 2.39. The van der Waals surface area contributed by atoms with Crippen molar-refractivity contribution in [1.82, 2.24) is 10.2 Å². The fourth-order valence-corrected chi connectivity index (χ4v) is 3.02. The smallest absolute Gasteiger partial charge is 0.237 e. The second-order valence-corrected chi connectivity index (χ2v) is 6.56. The number of morpholine rings is 1. The van der Waals surface area contributed by atoms with Gasteiger partial charge in [-0.3, -0.25) is 9.69 Å². The van der Waals surface area contributed by atoms with Crippen molar-refractivity contribution in [2.45, 2.75) is 70.2 Å². The molecular weight excluding hydrogens is 254 g/mol. The molecule has 1 saturated heterocycles. The third-order valence-corrected chi connectivity index (χ3v) is 4.60. The van der Waals surface area contributed by atoms with Crippen molar-refractivity contribution in [3.05, 3.63) is 0 Å². The lowest BCUT2D eigenvalue weighted by Gasteiger charge is -2.40. The van der Waals surface area contributed by atoms with Gasteiger partial charge in [0.2, 0.25) is 5.91 Å². The van der Waals surface area contributed by atoms with Crippen LogP contribution < -0.4 is 11.1 Å². The summed E-state index contributed by atoms with van der Waals surface area (Å²) in [5.74, 6) is -0.239. The van der Waals surface area contributed by atoms with E-state index in [4.69, 9.17) is 10.5 Å². The van der Waals surface area contributed by atoms with E-state index >= 15 is 0 Å². The van der Waals surface area contributed by atoms with Crippen molar-refractivity contribution in [1.29, 1.82) is 0 Å². The van der Waals surface area contributed by atoms with E-state index in [-0.39, 0.29) is 5.91 Å². The van der Waals surface area contributed by atoms with Gasteiger partial charge in [-0.15, -0.1) is 0 Å². The zero-order chi connectivity index (χ0) is 14.8. The molecule has 2 aliphatic rings. The molecule has 0 aromatic rings. The monoisotopic (exact) mass is 283 g/mol. The maximum atomic E-state index is 11.8. The number of carbonyl (C=O) groups is 1. The van der Waals surface area contributed by atoms with E-state index in [0.717, 1.165) is 45.4 Å². The molecule has 1 aliphatic heterocycles. The van der Waals surface area contributed by atoms with E-state index in [1.54, 1.807) is 0 Å². The van der Waals surface area contributed by atoms with E-state index in [2.05, 4.69) is 24.1 Å². The lowest BCUT2D eigenvalue weighted by Crippen LogP contribution is -2.58. The second-order valence-electron chi connectivity index (χ2n) is 6.56. The fraction of sp³-hybridized carbons (Fsp3) is 0.933. The van der Waals surface area contributed by atoms with E-state index < -0.39 is 5.54 Å². The highest BCUT2D eigenvalue weighted by atomic mass is 16.5. The summed E-state index contributed by atoms with van der Waals surface area (Å²) in [6.45, 7) is 8.97. The Bertz CT molecular complexity index is 346. The average molecular weight is 283 g/mol. The zero-order valence-corrected chi connectivity index (χ0v) is 13.0. The summed E-state index contributed by atoms with van der Waals surface area (Å²) in [5, 5.41) is 3.43. The van der Waals surface area contributed by atoms with Crippen LogP contribution in [0.5, 0.6) is 0 Å². The van der Waals surface area contributed by atoms with Crippen LogP contribution >= 0.6 is 0 Å². The number of nitrogens with one attached hydrogen (secondary N) is 1. The number of hydrogen-bond donors (Lipinski definition) is 2. The number of hydrogen-bond acceptors (Lipinski definition) is 4. The summed E-state index contributed by atoms with van der Waals surface area (Å²) in [4.78, 5) is 14.3. The van der Waals surface area contributed by atoms with Gasteiger partial charge in [0.15, 0.2) is 0 Å². The van der Waals surface area contributed by atoms with Crippen molar-refractivity contribution < 1.29 is 9.53 Å². The van der Waals surface area contributed by atoms with Crippen molar-refractivity contribution in [2.75, 3.05) is 19.7 Å². The normalized spacial score (nSPS) is 28.9. The molecule has 5 heteroatoms. The van der Waals surface area contributed by atoms with Crippen LogP contribution in [0.25, 0.3) is 0 Å². The summed E-state index contributed by atoms with van der Waals surface area (Å²) in [7, 11) is 0. The van der Waals surface area contributed by atoms with E-state index in [9.17, 15) is 4.79 Å². The summed E-state index contributed by atoms with van der Waals surface area (Å²) in [6.07, 6.45) is 4.44. The van der Waals surface area contributed by atoms with Crippen molar-refractivity contribution >= 4 is 5.91 Å². The highest BCUT2D eigenvalue weighted by Crippen LogP contribution is 2.26. The minimum absolute atomic E-state index is 0.239. The molecule has 2 rings (SSSR count). The first kappa shape index (κ1) is 15.7. The van der Waals surface area contributed by atoms with Gasteiger partial charge in [-0.25, -0.2) is 0 Å².